The maximum absolute atomic E-state index is 12.5. The Hall–Kier alpha value is -2.42. The molecule has 0 saturated carbocycles. The van der Waals surface area contributed by atoms with Crippen LogP contribution < -0.4 is 5.32 Å². The van der Waals surface area contributed by atoms with Crippen LogP contribution in [0.25, 0.3) is 0 Å². The summed E-state index contributed by atoms with van der Waals surface area (Å²) in [6, 6.07) is 5.20. The largest absolute Gasteiger partial charge is 0.420 e. The minimum Gasteiger partial charge on any atom is -0.324 e. The minimum atomic E-state index is -4.64. The minimum absolute atomic E-state index is 0.119. The van der Waals surface area contributed by atoms with Crippen LogP contribution in [-0.2, 0) is 6.18 Å². The fourth-order valence-corrected chi connectivity index (χ4v) is 1.64. The summed E-state index contributed by atoms with van der Waals surface area (Å²) in [6.45, 7) is 0. The van der Waals surface area contributed by atoms with Crippen molar-refractivity contribution < 1.29 is 18.1 Å². The van der Waals surface area contributed by atoms with E-state index in [0.717, 1.165) is 0 Å². The van der Waals surface area contributed by atoms with E-state index in [0.29, 0.717) is 11.9 Å². The van der Waals surface area contributed by atoms with Crippen LogP contribution >= 0.6 is 11.6 Å². The number of nitrogens with one attached hydrogen (secondary N) is 1. The number of rotatable bonds is 3. The maximum Gasteiger partial charge on any atom is 0.420 e. The van der Waals surface area contributed by atoms with Gasteiger partial charge in [-0.15, -0.1) is 0 Å². The van der Waals surface area contributed by atoms with Crippen LogP contribution in [0.4, 0.5) is 30.5 Å². The van der Waals surface area contributed by atoms with Gasteiger partial charge in [-0.2, -0.15) is 13.2 Å². The van der Waals surface area contributed by atoms with E-state index in [4.69, 9.17) is 11.6 Å². The summed E-state index contributed by atoms with van der Waals surface area (Å²) in [5.41, 5.74) is -0.887. The van der Waals surface area contributed by atoms with Crippen molar-refractivity contribution in [2.75, 3.05) is 5.32 Å². The van der Waals surface area contributed by atoms with Crippen LogP contribution in [-0.4, -0.2) is 14.9 Å². The molecule has 0 radical (unpaired) electrons. The molecule has 0 amide bonds. The number of nitro groups is 1. The van der Waals surface area contributed by atoms with Gasteiger partial charge < -0.3 is 5.32 Å². The molecule has 0 saturated heterocycles. The van der Waals surface area contributed by atoms with E-state index in [1.807, 2.05) is 0 Å². The van der Waals surface area contributed by atoms with Crippen molar-refractivity contribution in [2.24, 2.45) is 0 Å². The molecule has 1 heterocycles. The summed E-state index contributed by atoms with van der Waals surface area (Å²) in [5, 5.41) is 12.3. The standard InChI is InChI=1S/C11H6ClF3N4O2/c12-9-8(11(13,14)15)5-16-10(18-9)17-6-1-3-7(4-2-6)19(20)21/h1-5H,(H,16,17,18). The van der Waals surface area contributed by atoms with Crippen LogP contribution in [0.1, 0.15) is 5.56 Å². The summed E-state index contributed by atoms with van der Waals surface area (Å²) in [4.78, 5) is 16.9. The molecule has 0 aliphatic heterocycles. The second-order valence-electron chi connectivity index (χ2n) is 3.82. The highest BCUT2D eigenvalue weighted by molar-refractivity contribution is 6.30. The lowest BCUT2D eigenvalue weighted by Crippen LogP contribution is -2.09. The average molecular weight is 319 g/mol. The Kier molecular flexibility index (Phi) is 3.94. The van der Waals surface area contributed by atoms with Gasteiger partial charge in [-0.25, -0.2) is 9.97 Å². The van der Waals surface area contributed by atoms with Crippen molar-refractivity contribution in [1.82, 2.24) is 9.97 Å². The first-order valence-corrected chi connectivity index (χ1v) is 5.76. The van der Waals surface area contributed by atoms with Gasteiger partial charge in [-0.05, 0) is 12.1 Å². The topological polar surface area (TPSA) is 81.0 Å². The van der Waals surface area contributed by atoms with E-state index in [1.54, 1.807) is 0 Å². The highest BCUT2D eigenvalue weighted by Gasteiger charge is 2.34. The Balaban J connectivity index is 2.20. The molecule has 0 aliphatic carbocycles. The fourth-order valence-electron chi connectivity index (χ4n) is 1.41. The highest BCUT2D eigenvalue weighted by atomic mass is 35.5. The van der Waals surface area contributed by atoms with Gasteiger partial charge in [-0.1, -0.05) is 11.6 Å². The number of nitro benzene ring substituents is 1. The molecule has 2 rings (SSSR count). The van der Waals surface area contributed by atoms with Crippen LogP contribution in [0.2, 0.25) is 5.15 Å². The monoisotopic (exact) mass is 318 g/mol. The molecule has 0 fully saturated rings. The molecular weight excluding hydrogens is 313 g/mol. The Labute approximate surface area is 120 Å². The molecule has 110 valence electrons. The molecule has 10 heteroatoms. The van der Waals surface area contributed by atoms with E-state index in [2.05, 4.69) is 15.3 Å². The van der Waals surface area contributed by atoms with Crippen molar-refractivity contribution in [2.45, 2.75) is 6.18 Å². The molecule has 1 aromatic carbocycles. The number of alkyl halides is 3. The van der Waals surface area contributed by atoms with E-state index in [-0.39, 0.29) is 11.6 Å². The first-order chi connectivity index (χ1) is 9.77. The lowest BCUT2D eigenvalue weighted by molar-refractivity contribution is -0.384. The van der Waals surface area contributed by atoms with Gasteiger partial charge in [0.25, 0.3) is 5.69 Å². The van der Waals surface area contributed by atoms with Gasteiger partial charge >= 0.3 is 6.18 Å². The zero-order valence-corrected chi connectivity index (χ0v) is 10.8. The van der Waals surface area contributed by atoms with Gasteiger partial charge in [0.15, 0.2) is 0 Å². The summed E-state index contributed by atoms with van der Waals surface area (Å²) in [6.07, 6.45) is -4.08. The molecule has 21 heavy (non-hydrogen) atoms. The Morgan fingerprint density at radius 1 is 1.24 bits per heavy atom. The smallest absolute Gasteiger partial charge is 0.324 e. The third-order valence-electron chi connectivity index (χ3n) is 2.38. The molecule has 1 aromatic heterocycles. The highest BCUT2D eigenvalue weighted by Crippen LogP contribution is 2.33. The van der Waals surface area contributed by atoms with Crippen molar-refractivity contribution in [1.29, 1.82) is 0 Å². The van der Waals surface area contributed by atoms with Crippen LogP contribution in [0, 0.1) is 10.1 Å². The van der Waals surface area contributed by atoms with Crippen LogP contribution in [0.15, 0.2) is 30.5 Å². The Morgan fingerprint density at radius 2 is 1.86 bits per heavy atom. The first kappa shape index (κ1) is 15.0. The molecule has 0 atom stereocenters. The summed E-state index contributed by atoms with van der Waals surface area (Å²) in [7, 11) is 0. The number of halogens is 4. The molecule has 6 nitrogen and oxygen atoms in total. The van der Waals surface area contributed by atoms with E-state index < -0.39 is 21.8 Å². The van der Waals surface area contributed by atoms with E-state index in [1.165, 1.54) is 24.3 Å². The van der Waals surface area contributed by atoms with Crippen LogP contribution in [0.5, 0.6) is 0 Å². The Bertz CT molecular complexity index is 676. The number of non-ortho nitro benzene ring substituents is 1. The van der Waals surface area contributed by atoms with Crippen molar-refractivity contribution in [3.05, 3.63) is 51.3 Å². The molecule has 0 aliphatic rings. The SMILES string of the molecule is O=[N+]([O-])c1ccc(Nc2ncc(C(F)(F)F)c(Cl)n2)cc1. The number of hydrogen-bond donors (Lipinski definition) is 1. The van der Waals surface area contributed by atoms with Gasteiger partial charge in [0, 0.05) is 24.0 Å². The van der Waals surface area contributed by atoms with Gasteiger partial charge in [0.05, 0.1) is 4.92 Å². The quantitative estimate of drug-likeness (QED) is 0.529. The fraction of sp³-hybridized carbons (Fsp3) is 0.0909. The van der Waals surface area contributed by atoms with Gasteiger partial charge in [-0.3, -0.25) is 10.1 Å². The van der Waals surface area contributed by atoms with Crippen LogP contribution in [0.3, 0.4) is 0 Å². The lowest BCUT2D eigenvalue weighted by Gasteiger charge is -2.09. The van der Waals surface area contributed by atoms with Crippen molar-refractivity contribution in [3.8, 4) is 0 Å². The number of nitrogens with zero attached hydrogens (tertiary/aromatic N) is 3. The van der Waals surface area contributed by atoms with E-state index >= 15 is 0 Å². The third kappa shape index (κ3) is 3.57. The molecule has 2 aromatic rings. The van der Waals surface area contributed by atoms with Crippen molar-refractivity contribution >= 4 is 28.9 Å². The normalized spacial score (nSPS) is 11.2. The second kappa shape index (κ2) is 5.52. The molecule has 0 spiro atoms. The van der Waals surface area contributed by atoms with Gasteiger partial charge in [0.1, 0.15) is 10.7 Å². The number of benzene rings is 1. The lowest BCUT2D eigenvalue weighted by atomic mass is 10.3. The molecule has 0 unspecified atom stereocenters. The zero-order chi connectivity index (χ0) is 15.6. The number of hydrogen-bond acceptors (Lipinski definition) is 5. The molecule has 0 bridgehead atoms. The number of aromatic nitrogens is 2. The average Bonchev–Trinajstić information content (AvgIpc) is 2.37. The molecule has 1 N–H and O–H groups in total. The number of anilines is 2. The maximum atomic E-state index is 12.5. The molecular formula is C11H6ClF3N4O2. The predicted molar refractivity (Wildman–Crippen MR) is 68.4 cm³/mol. The van der Waals surface area contributed by atoms with Crippen molar-refractivity contribution in [3.63, 3.8) is 0 Å². The van der Waals surface area contributed by atoms with Gasteiger partial charge in [0.2, 0.25) is 5.95 Å². The second-order valence-corrected chi connectivity index (χ2v) is 4.18. The summed E-state index contributed by atoms with van der Waals surface area (Å²) >= 11 is 5.45. The van der Waals surface area contributed by atoms with E-state index in [9.17, 15) is 23.3 Å². The summed E-state index contributed by atoms with van der Waals surface area (Å²) < 4.78 is 37.4. The zero-order valence-electron chi connectivity index (χ0n) is 10.1. The predicted octanol–water partition coefficient (Wildman–Crippen LogP) is 3.80. The third-order valence-corrected chi connectivity index (χ3v) is 2.67. The first-order valence-electron chi connectivity index (χ1n) is 5.38. The summed E-state index contributed by atoms with van der Waals surface area (Å²) in [5.74, 6) is -0.151. The Morgan fingerprint density at radius 3 is 2.33 bits per heavy atom.